The summed E-state index contributed by atoms with van der Waals surface area (Å²) in [6, 6.07) is 3.22. The summed E-state index contributed by atoms with van der Waals surface area (Å²) in [5.74, 6) is 0.759. The van der Waals surface area contributed by atoms with Gasteiger partial charge < -0.3 is 14.8 Å². The summed E-state index contributed by atoms with van der Waals surface area (Å²) in [5.41, 5.74) is 0.478. The highest BCUT2D eigenvalue weighted by Gasteiger charge is 2.25. The third-order valence-corrected chi connectivity index (χ3v) is 3.72. The van der Waals surface area contributed by atoms with E-state index in [1.165, 1.54) is 7.11 Å². The zero-order chi connectivity index (χ0) is 14.5. The van der Waals surface area contributed by atoms with Crippen LogP contribution in [-0.2, 0) is 4.79 Å². The van der Waals surface area contributed by atoms with Gasteiger partial charge in [-0.25, -0.2) is 0 Å². The van der Waals surface area contributed by atoms with Gasteiger partial charge in [0.1, 0.15) is 6.29 Å². The maximum absolute atomic E-state index is 11.9. The number of nitrogens with one attached hydrogen (secondary N) is 1. The smallest absolute Gasteiger partial charge is 0.261 e. The van der Waals surface area contributed by atoms with E-state index in [2.05, 4.69) is 21.2 Å². The Morgan fingerprint density at radius 1 is 1.40 bits per heavy atom. The molecule has 1 atom stereocenters. The second-order valence-electron chi connectivity index (χ2n) is 4.55. The van der Waals surface area contributed by atoms with Crippen molar-refractivity contribution in [2.75, 3.05) is 13.7 Å². The van der Waals surface area contributed by atoms with Crippen LogP contribution in [0.25, 0.3) is 0 Å². The summed E-state index contributed by atoms with van der Waals surface area (Å²) < 4.78 is 11.6. The van der Waals surface area contributed by atoms with Crippen molar-refractivity contribution in [1.29, 1.82) is 0 Å². The topological polar surface area (TPSA) is 64.6 Å². The molecule has 0 radical (unpaired) electrons. The maximum atomic E-state index is 11.9. The third-order valence-electron chi connectivity index (χ3n) is 3.13. The lowest BCUT2D eigenvalue weighted by Gasteiger charge is -2.19. The van der Waals surface area contributed by atoms with E-state index in [0.29, 0.717) is 34.5 Å². The molecule has 0 spiro atoms. The molecule has 0 saturated carbocycles. The number of hydrogen-bond acceptors (Lipinski definition) is 4. The fourth-order valence-electron chi connectivity index (χ4n) is 2.09. The van der Waals surface area contributed by atoms with Crippen LogP contribution in [0.15, 0.2) is 16.6 Å². The number of rotatable bonds is 4. The zero-order valence-corrected chi connectivity index (χ0v) is 12.7. The van der Waals surface area contributed by atoms with Crippen LogP contribution >= 0.6 is 15.9 Å². The van der Waals surface area contributed by atoms with E-state index in [0.717, 1.165) is 19.1 Å². The number of carbonyl (C=O) groups is 2. The molecule has 1 aliphatic rings. The number of aldehydes is 1. The number of halogens is 1. The average molecular weight is 342 g/mol. The Kier molecular flexibility index (Phi) is 5.00. The normalized spacial score (nSPS) is 18.9. The van der Waals surface area contributed by atoms with E-state index in [1.807, 2.05) is 0 Å². The zero-order valence-electron chi connectivity index (χ0n) is 11.1. The predicted molar refractivity (Wildman–Crippen MR) is 77.4 cm³/mol. The Morgan fingerprint density at radius 3 is 2.90 bits per heavy atom. The second kappa shape index (κ2) is 6.74. The van der Waals surface area contributed by atoms with Crippen LogP contribution in [0.1, 0.15) is 29.6 Å². The van der Waals surface area contributed by atoms with Gasteiger partial charge in [-0.1, -0.05) is 0 Å². The quantitative estimate of drug-likeness (QED) is 0.853. The van der Waals surface area contributed by atoms with Gasteiger partial charge in [-0.2, -0.15) is 0 Å². The van der Waals surface area contributed by atoms with Crippen LogP contribution in [-0.4, -0.2) is 32.0 Å². The summed E-state index contributed by atoms with van der Waals surface area (Å²) in [6.07, 6.45) is 2.74. The number of hydrogen-bond donors (Lipinski definition) is 1. The van der Waals surface area contributed by atoms with E-state index < -0.39 is 6.10 Å². The van der Waals surface area contributed by atoms with E-state index >= 15 is 0 Å². The standard InChI is InChI=1S/C14H16BrNO4/c1-19-12-7-9(8-17)6-10(15)13(12)20-11-4-2-3-5-16-14(11)18/h6-8,11H,2-5H2,1H3,(H,16,18). The van der Waals surface area contributed by atoms with Crippen molar-refractivity contribution in [3.63, 3.8) is 0 Å². The van der Waals surface area contributed by atoms with Gasteiger partial charge in [0.05, 0.1) is 11.6 Å². The minimum Gasteiger partial charge on any atom is -0.493 e. The molecule has 0 aliphatic carbocycles. The van der Waals surface area contributed by atoms with Crippen molar-refractivity contribution in [3.05, 3.63) is 22.2 Å². The van der Waals surface area contributed by atoms with E-state index in [4.69, 9.17) is 9.47 Å². The van der Waals surface area contributed by atoms with Crippen LogP contribution in [0.5, 0.6) is 11.5 Å². The Labute approximate surface area is 125 Å². The summed E-state index contributed by atoms with van der Waals surface area (Å²) in [4.78, 5) is 22.7. The van der Waals surface area contributed by atoms with Gasteiger partial charge in [0.15, 0.2) is 17.6 Å². The summed E-state index contributed by atoms with van der Waals surface area (Å²) in [5, 5.41) is 2.82. The molecule has 2 rings (SSSR count). The van der Waals surface area contributed by atoms with Gasteiger partial charge in [0.2, 0.25) is 0 Å². The first kappa shape index (κ1) is 14.8. The first-order valence-electron chi connectivity index (χ1n) is 6.42. The Hall–Kier alpha value is -1.56. The Balaban J connectivity index is 2.27. The second-order valence-corrected chi connectivity index (χ2v) is 5.40. The molecule has 1 N–H and O–H groups in total. The lowest BCUT2D eigenvalue weighted by Crippen LogP contribution is -2.36. The summed E-state index contributed by atoms with van der Waals surface area (Å²) in [6.45, 7) is 0.682. The van der Waals surface area contributed by atoms with Gasteiger partial charge >= 0.3 is 0 Å². The predicted octanol–water partition coefficient (Wildman–Crippen LogP) is 2.32. The molecule has 0 bridgehead atoms. The van der Waals surface area contributed by atoms with Crippen LogP contribution in [0.3, 0.4) is 0 Å². The van der Waals surface area contributed by atoms with Crippen molar-refractivity contribution >= 4 is 28.1 Å². The molecule has 0 aromatic heterocycles. The first-order valence-corrected chi connectivity index (χ1v) is 7.22. The van der Waals surface area contributed by atoms with E-state index in [9.17, 15) is 9.59 Å². The van der Waals surface area contributed by atoms with Gasteiger partial charge in [-0.15, -0.1) is 0 Å². The van der Waals surface area contributed by atoms with Crippen LogP contribution in [0, 0.1) is 0 Å². The highest BCUT2D eigenvalue weighted by Crippen LogP contribution is 2.37. The monoisotopic (exact) mass is 341 g/mol. The minimum absolute atomic E-state index is 0.115. The number of amides is 1. The molecule has 1 unspecified atom stereocenters. The molecule has 20 heavy (non-hydrogen) atoms. The van der Waals surface area contributed by atoms with Crippen molar-refractivity contribution in [2.45, 2.75) is 25.4 Å². The maximum Gasteiger partial charge on any atom is 0.261 e. The van der Waals surface area contributed by atoms with Crippen molar-refractivity contribution in [3.8, 4) is 11.5 Å². The molecule has 1 aromatic rings. The van der Waals surface area contributed by atoms with Crippen LogP contribution < -0.4 is 14.8 Å². The molecular weight excluding hydrogens is 326 g/mol. The van der Waals surface area contributed by atoms with Crippen molar-refractivity contribution < 1.29 is 19.1 Å². The molecule has 1 aromatic carbocycles. The molecule has 1 heterocycles. The van der Waals surface area contributed by atoms with Crippen molar-refractivity contribution in [1.82, 2.24) is 5.32 Å². The molecule has 1 fully saturated rings. The molecule has 1 aliphatic heterocycles. The lowest BCUT2D eigenvalue weighted by molar-refractivity contribution is -0.127. The fraction of sp³-hybridized carbons (Fsp3) is 0.429. The van der Waals surface area contributed by atoms with E-state index in [1.54, 1.807) is 12.1 Å². The number of ether oxygens (including phenoxy) is 2. The summed E-state index contributed by atoms with van der Waals surface area (Å²) >= 11 is 3.35. The number of carbonyl (C=O) groups excluding carboxylic acids is 2. The number of methoxy groups -OCH3 is 1. The van der Waals surface area contributed by atoms with Crippen LogP contribution in [0.2, 0.25) is 0 Å². The SMILES string of the molecule is COc1cc(C=O)cc(Br)c1OC1CCCCNC1=O. The van der Waals surface area contributed by atoms with Gasteiger partial charge in [0.25, 0.3) is 5.91 Å². The van der Waals surface area contributed by atoms with E-state index in [-0.39, 0.29) is 5.91 Å². The largest absolute Gasteiger partial charge is 0.493 e. The summed E-state index contributed by atoms with van der Waals surface area (Å²) in [7, 11) is 1.50. The minimum atomic E-state index is -0.537. The van der Waals surface area contributed by atoms with Gasteiger partial charge in [-0.3, -0.25) is 9.59 Å². The Bertz CT molecular complexity index is 518. The highest BCUT2D eigenvalue weighted by atomic mass is 79.9. The first-order chi connectivity index (χ1) is 9.65. The molecule has 5 nitrogen and oxygen atoms in total. The highest BCUT2D eigenvalue weighted by molar-refractivity contribution is 9.10. The molecular formula is C14H16BrNO4. The molecule has 108 valence electrons. The average Bonchev–Trinajstić information content (AvgIpc) is 2.65. The van der Waals surface area contributed by atoms with Crippen LogP contribution in [0.4, 0.5) is 0 Å². The van der Waals surface area contributed by atoms with Crippen molar-refractivity contribution in [2.24, 2.45) is 0 Å². The van der Waals surface area contributed by atoms with Gasteiger partial charge in [0, 0.05) is 12.1 Å². The molecule has 1 saturated heterocycles. The third kappa shape index (κ3) is 3.30. The fourth-order valence-corrected chi connectivity index (χ4v) is 2.64. The Morgan fingerprint density at radius 2 is 2.20 bits per heavy atom. The lowest BCUT2D eigenvalue weighted by atomic mass is 10.1. The molecule has 1 amide bonds. The number of benzene rings is 1. The molecule has 6 heteroatoms. The van der Waals surface area contributed by atoms with Gasteiger partial charge in [-0.05, 0) is 47.3 Å².